The number of nitrogens with two attached hydrogens (primary N) is 1. The maximum Gasteiger partial charge on any atom is 0.419 e. The van der Waals surface area contributed by atoms with E-state index in [4.69, 9.17) is 10.5 Å². The van der Waals surface area contributed by atoms with Crippen molar-refractivity contribution < 1.29 is 44.7 Å². The molecule has 0 radical (unpaired) electrons. The third-order valence-corrected chi connectivity index (χ3v) is 12.4. The van der Waals surface area contributed by atoms with Crippen LogP contribution in [-0.2, 0) is 12.4 Å². The number of halogens is 8. The van der Waals surface area contributed by atoms with Gasteiger partial charge in [-0.2, -0.15) is 41.6 Å². The van der Waals surface area contributed by atoms with Crippen molar-refractivity contribution in [1.29, 1.82) is 5.26 Å². The van der Waals surface area contributed by atoms with Gasteiger partial charge >= 0.3 is 24.4 Å². The molecule has 56 heavy (non-hydrogen) atoms. The smallest absolute Gasteiger partial charge is 0.419 e. The molecule has 4 aliphatic rings. The zero-order chi connectivity index (χ0) is 40.1. The van der Waals surface area contributed by atoms with Crippen LogP contribution in [0.3, 0.4) is 0 Å². The van der Waals surface area contributed by atoms with E-state index in [2.05, 4.69) is 9.97 Å². The Morgan fingerprint density at radius 2 is 1.84 bits per heavy atom. The van der Waals surface area contributed by atoms with Crippen molar-refractivity contribution >= 4 is 49.2 Å². The Balaban J connectivity index is 1.41. The molecule has 298 valence electrons. The molecule has 1 aliphatic carbocycles. The molecule has 1 saturated carbocycles. The zero-order valence-corrected chi connectivity index (χ0v) is 31.0. The average Bonchev–Trinajstić information content (AvgIpc) is 3.39. The summed E-state index contributed by atoms with van der Waals surface area (Å²) in [7, 11) is 3.15. The summed E-state index contributed by atoms with van der Waals surface area (Å²) in [6, 6.07) is 2.11. The van der Waals surface area contributed by atoms with E-state index in [1.807, 2.05) is 4.90 Å². The topological polar surface area (TPSA) is 115 Å². The number of hydrogen-bond acceptors (Lipinski definition) is 9. The molecule has 19 heteroatoms. The van der Waals surface area contributed by atoms with Crippen molar-refractivity contribution in [2.24, 2.45) is 0 Å². The van der Waals surface area contributed by atoms with Crippen molar-refractivity contribution in [3.63, 3.8) is 0 Å². The summed E-state index contributed by atoms with van der Waals surface area (Å²) >= 11 is 0.536. The second kappa shape index (κ2) is 13.5. The van der Waals surface area contributed by atoms with Crippen molar-refractivity contribution in [3.05, 3.63) is 40.7 Å². The van der Waals surface area contributed by atoms with E-state index >= 15 is 30.7 Å². The molecule has 0 spiro atoms. The van der Waals surface area contributed by atoms with Gasteiger partial charge in [-0.25, -0.2) is 13.6 Å². The van der Waals surface area contributed by atoms with Gasteiger partial charge in [0.05, 0.1) is 38.5 Å². The summed E-state index contributed by atoms with van der Waals surface area (Å²) in [5.74, 6) is -1.21. The van der Waals surface area contributed by atoms with Crippen molar-refractivity contribution in [2.75, 3.05) is 57.5 Å². The highest BCUT2D eigenvalue weighted by molar-refractivity contribution is 7.23. The molecule has 4 fully saturated rings. The molecule has 5 heterocycles. The maximum absolute atomic E-state index is 15.8. The fraction of sp³-hybridized carbons (Fsp3) is 0.514. The Kier molecular flexibility index (Phi) is 9.18. The molecule has 0 bridgehead atoms. The second-order valence-electron chi connectivity index (χ2n) is 15.2. The Bertz CT molecular complexity index is 2290. The van der Waals surface area contributed by atoms with Crippen molar-refractivity contribution in [1.82, 2.24) is 24.7 Å². The number of fused-ring (bicyclic) bond motifs is 3. The first kappa shape index (κ1) is 38.2. The number of nitrogens with zero attached hydrogens (tertiary/aromatic N) is 7. The molecule has 4 aromatic rings. The Hall–Kier alpha value is -4.70. The van der Waals surface area contributed by atoms with Crippen LogP contribution in [0.2, 0.25) is 0 Å². The molecule has 2 aromatic heterocycles. The van der Waals surface area contributed by atoms with Crippen LogP contribution in [0, 0.1) is 17.1 Å². The number of amides is 2. The summed E-state index contributed by atoms with van der Waals surface area (Å²) in [6.45, 7) is 1.00. The standard InChI is InChI=1S/C37H36F8N8O2S/c1-50(2)34(54)51-11-8-20(16-51)53(19-4-5-19)32-22-12-24(36(40,41)42)27(21-6-7-25(39)30-26(21)23(14-46)31(47)56-30)28(37(43,44)45)29(22)48-33(49-32)55-17-35-9-3-10-52(35)15-18(38)13-35/h6-7,12,18-20H,3-5,8-11,13,15-17,47H2,1-2H3. The SMILES string of the molecule is CN(C)C(=O)N1CCC(N(c2nc(OCC34CCCN3CC(F)C4)nc3c(C(F)(F)F)c(-c4ccc(F)c5sc(N)c(C#N)c45)c(C(F)(F)F)cc23)C2CC2)C1. The Morgan fingerprint density at radius 3 is 2.50 bits per heavy atom. The van der Waals surface area contributed by atoms with Gasteiger partial charge in [-0.05, 0) is 56.3 Å². The first-order chi connectivity index (χ1) is 26.4. The number of rotatable bonds is 7. The van der Waals surface area contributed by atoms with Gasteiger partial charge in [0.1, 0.15) is 35.5 Å². The zero-order valence-electron chi connectivity index (χ0n) is 30.2. The molecule has 8 rings (SSSR count). The quantitative estimate of drug-likeness (QED) is 0.188. The van der Waals surface area contributed by atoms with E-state index in [0.29, 0.717) is 49.6 Å². The molecule has 3 atom stereocenters. The Morgan fingerprint density at radius 1 is 1.09 bits per heavy atom. The first-order valence-corrected chi connectivity index (χ1v) is 18.9. The monoisotopic (exact) mass is 808 g/mol. The number of thiophene rings is 1. The minimum Gasteiger partial charge on any atom is -0.461 e. The van der Waals surface area contributed by atoms with E-state index in [0.717, 1.165) is 18.6 Å². The number of nitriles is 1. The van der Waals surface area contributed by atoms with Gasteiger partial charge in [0.2, 0.25) is 0 Å². The van der Waals surface area contributed by atoms with Gasteiger partial charge in [-0.1, -0.05) is 6.07 Å². The number of benzene rings is 2. The van der Waals surface area contributed by atoms with Gasteiger partial charge in [-0.3, -0.25) is 4.90 Å². The number of anilines is 2. The lowest BCUT2D eigenvalue weighted by molar-refractivity contribution is -0.141. The van der Waals surface area contributed by atoms with Gasteiger partial charge < -0.3 is 25.2 Å². The number of alkyl halides is 7. The molecule has 10 nitrogen and oxygen atoms in total. The lowest BCUT2D eigenvalue weighted by Gasteiger charge is -2.33. The number of nitrogen functional groups attached to an aromatic ring is 1. The van der Waals surface area contributed by atoms with E-state index in [9.17, 15) is 14.4 Å². The summed E-state index contributed by atoms with van der Waals surface area (Å²) in [5.41, 5.74) is -1.73. The minimum atomic E-state index is -5.51. The van der Waals surface area contributed by atoms with Gasteiger partial charge in [0.15, 0.2) is 0 Å². The van der Waals surface area contributed by atoms with E-state index < -0.39 is 86.0 Å². The first-order valence-electron chi connectivity index (χ1n) is 18.1. The van der Waals surface area contributed by atoms with Crippen molar-refractivity contribution in [2.45, 2.75) is 74.7 Å². The number of urea groups is 1. The summed E-state index contributed by atoms with van der Waals surface area (Å²) in [6.07, 6.45) is -9.16. The fourth-order valence-electron chi connectivity index (χ4n) is 8.85. The molecule has 3 saturated heterocycles. The number of hydrogen-bond donors (Lipinski definition) is 1. The van der Waals surface area contributed by atoms with Crippen LogP contribution < -0.4 is 15.4 Å². The summed E-state index contributed by atoms with van der Waals surface area (Å²) < 4.78 is 129. The van der Waals surface area contributed by atoms with Crippen molar-refractivity contribution in [3.8, 4) is 23.2 Å². The molecule has 2 aromatic carbocycles. The largest absolute Gasteiger partial charge is 0.461 e. The van der Waals surface area contributed by atoms with Gasteiger partial charge in [0, 0.05) is 62.5 Å². The predicted octanol–water partition coefficient (Wildman–Crippen LogP) is 7.82. The number of carbonyl (C=O) groups is 1. The van der Waals surface area contributed by atoms with Crippen LogP contribution in [-0.4, -0.2) is 101 Å². The van der Waals surface area contributed by atoms with E-state index in [-0.39, 0.29) is 60.3 Å². The number of carbonyl (C=O) groups excluding carboxylic acids is 1. The van der Waals surface area contributed by atoms with E-state index in [1.54, 1.807) is 30.0 Å². The minimum absolute atomic E-state index is 0.123. The highest BCUT2D eigenvalue weighted by Crippen LogP contribution is 2.53. The molecule has 2 N–H and O–H groups in total. The van der Waals surface area contributed by atoms with Crippen LogP contribution >= 0.6 is 11.3 Å². The van der Waals surface area contributed by atoms with Crippen LogP contribution in [0.15, 0.2) is 18.2 Å². The lowest BCUT2D eigenvalue weighted by atomic mass is 9.88. The fourth-order valence-corrected chi connectivity index (χ4v) is 9.80. The molecule has 2 amide bonds. The number of likely N-dealkylation sites (tertiary alicyclic amines) is 1. The average molecular weight is 809 g/mol. The number of ether oxygens (including phenoxy) is 1. The van der Waals surface area contributed by atoms with Crippen LogP contribution in [0.4, 0.5) is 50.7 Å². The second-order valence-corrected chi connectivity index (χ2v) is 16.3. The molecular weight excluding hydrogens is 773 g/mol. The van der Waals surface area contributed by atoms with E-state index in [1.165, 1.54) is 4.90 Å². The van der Waals surface area contributed by atoms with Gasteiger partial charge in [-0.15, -0.1) is 11.3 Å². The third-order valence-electron chi connectivity index (χ3n) is 11.4. The van der Waals surface area contributed by atoms with Crippen LogP contribution in [0.25, 0.3) is 32.1 Å². The van der Waals surface area contributed by atoms with Crippen LogP contribution in [0.1, 0.15) is 55.2 Å². The normalized spacial score (nSPS) is 22.9. The van der Waals surface area contributed by atoms with Gasteiger partial charge in [0.25, 0.3) is 0 Å². The third kappa shape index (κ3) is 6.38. The summed E-state index contributed by atoms with van der Waals surface area (Å²) in [5, 5.41) is 8.59. The van der Waals surface area contributed by atoms with Crippen LogP contribution in [0.5, 0.6) is 6.01 Å². The maximum atomic E-state index is 15.8. The lowest BCUT2D eigenvalue weighted by Crippen LogP contribution is -2.44. The molecule has 3 aliphatic heterocycles. The Labute approximate surface area is 319 Å². The highest BCUT2D eigenvalue weighted by atomic mass is 32.1. The molecule has 3 unspecified atom stereocenters. The predicted molar refractivity (Wildman–Crippen MR) is 193 cm³/mol. The molecular formula is C37H36F8N8O2S. The highest BCUT2D eigenvalue weighted by Gasteiger charge is 2.50. The number of aromatic nitrogens is 2. The summed E-state index contributed by atoms with van der Waals surface area (Å²) in [4.78, 5) is 28.3.